The lowest BCUT2D eigenvalue weighted by Gasteiger charge is -1.99. The lowest BCUT2D eigenvalue weighted by Crippen LogP contribution is -2.04. The standard InChI is InChI=1S/C7H13O3/c1-3-10-7(8)5-4-6-9-2/h2-6H2,1H3. The first kappa shape index (κ1) is 9.43. The molecule has 0 atom stereocenters. The molecular weight excluding hydrogens is 132 g/mol. The monoisotopic (exact) mass is 145 g/mol. The maximum absolute atomic E-state index is 10.6. The van der Waals surface area contributed by atoms with E-state index >= 15 is 0 Å². The van der Waals surface area contributed by atoms with Gasteiger partial charge in [0.05, 0.1) is 13.7 Å². The molecule has 1 radical (unpaired) electrons. The maximum atomic E-state index is 10.6. The Morgan fingerprint density at radius 2 is 2.30 bits per heavy atom. The second kappa shape index (κ2) is 6.55. The number of esters is 1. The maximum Gasteiger partial charge on any atom is 0.305 e. The molecule has 0 spiro atoms. The van der Waals surface area contributed by atoms with Crippen LogP contribution >= 0.6 is 0 Å². The molecule has 0 aliphatic heterocycles. The van der Waals surface area contributed by atoms with Crippen molar-refractivity contribution in [3.05, 3.63) is 7.11 Å². The predicted molar refractivity (Wildman–Crippen MR) is 37.2 cm³/mol. The Hall–Kier alpha value is -0.570. The van der Waals surface area contributed by atoms with Crippen LogP contribution in [0.25, 0.3) is 0 Å². The van der Waals surface area contributed by atoms with Gasteiger partial charge in [-0.3, -0.25) is 4.79 Å². The van der Waals surface area contributed by atoms with Gasteiger partial charge in [0.25, 0.3) is 0 Å². The molecule has 0 bridgehead atoms. The summed E-state index contributed by atoms with van der Waals surface area (Å²) >= 11 is 0. The fraction of sp³-hybridized carbons (Fsp3) is 0.714. The average Bonchev–Trinajstić information content (AvgIpc) is 1.89. The lowest BCUT2D eigenvalue weighted by atomic mass is 10.3. The van der Waals surface area contributed by atoms with Gasteiger partial charge in [0, 0.05) is 13.0 Å². The highest BCUT2D eigenvalue weighted by molar-refractivity contribution is 5.69. The number of hydrogen-bond donors (Lipinski definition) is 0. The van der Waals surface area contributed by atoms with Crippen LogP contribution < -0.4 is 0 Å². The van der Waals surface area contributed by atoms with Gasteiger partial charge in [0.1, 0.15) is 0 Å². The van der Waals surface area contributed by atoms with Crippen LogP contribution in [0.5, 0.6) is 0 Å². The first-order valence-corrected chi connectivity index (χ1v) is 3.33. The van der Waals surface area contributed by atoms with Gasteiger partial charge >= 0.3 is 5.97 Å². The summed E-state index contributed by atoms with van der Waals surface area (Å²) in [6.45, 7) is 2.75. The molecule has 3 nitrogen and oxygen atoms in total. The van der Waals surface area contributed by atoms with Gasteiger partial charge in [0.2, 0.25) is 0 Å². The average molecular weight is 145 g/mol. The third-order valence-corrected chi connectivity index (χ3v) is 0.975. The van der Waals surface area contributed by atoms with Gasteiger partial charge in [-0.05, 0) is 13.3 Å². The molecule has 0 aromatic heterocycles. The van der Waals surface area contributed by atoms with Crippen LogP contribution in [-0.2, 0) is 14.3 Å². The second-order valence-electron chi connectivity index (χ2n) is 1.82. The van der Waals surface area contributed by atoms with Crippen molar-refractivity contribution in [2.75, 3.05) is 13.2 Å². The number of ether oxygens (including phenoxy) is 2. The summed E-state index contributed by atoms with van der Waals surface area (Å²) in [6, 6.07) is 0. The number of rotatable bonds is 5. The van der Waals surface area contributed by atoms with E-state index in [1.54, 1.807) is 6.92 Å². The molecule has 0 aliphatic rings. The van der Waals surface area contributed by atoms with Gasteiger partial charge in [0.15, 0.2) is 0 Å². The van der Waals surface area contributed by atoms with E-state index in [4.69, 9.17) is 0 Å². The Morgan fingerprint density at radius 1 is 1.60 bits per heavy atom. The largest absolute Gasteiger partial charge is 0.466 e. The van der Waals surface area contributed by atoms with Gasteiger partial charge in [-0.1, -0.05) is 0 Å². The number of carbonyl (C=O) groups excluding carboxylic acids is 1. The summed E-state index contributed by atoms with van der Waals surface area (Å²) in [5.41, 5.74) is 0. The van der Waals surface area contributed by atoms with Crippen LogP contribution in [0.4, 0.5) is 0 Å². The number of hydrogen-bond acceptors (Lipinski definition) is 3. The lowest BCUT2D eigenvalue weighted by molar-refractivity contribution is -0.143. The minimum absolute atomic E-state index is 0.167. The van der Waals surface area contributed by atoms with E-state index in [0.717, 1.165) is 0 Å². The smallest absolute Gasteiger partial charge is 0.305 e. The molecular formula is C7H13O3. The minimum atomic E-state index is -0.167. The third-order valence-electron chi connectivity index (χ3n) is 0.975. The van der Waals surface area contributed by atoms with Crippen LogP contribution in [0.1, 0.15) is 19.8 Å². The van der Waals surface area contributed by atoms with Crippen molar-refractivity contribution in [2.45, 2.75) is 19.8 Å². The Balaban J connectivity index is 3.05. The molecule has 3 heteroatoms. The highest BCUT2D eigenvalue weighted by Gasteiger charge is 1.98. The van der Waals surface area contributed by atoms with Crippen LogP contribution in [0.2, 0.25) is 0 Å². The minimum Gasteiger partial charge on any atom is -0.466 e. The Kier molecular flexibility index (Phi) is 6.18. The molecule has 0 fully saturated rings. The van der Waals surface area contributed by atoms with Crippen LogP contribution in [0.3, 0.4) is 0 Å². The summed E-state index contributed by atoms with van der Waals surface area (Å²) in [5, 5.41) is 0. The normalized spacial score (nSPS) is 9.40. The predicted octanol–water partition coefficient (Wildman–Crippen LogP) is 1.14. The zero-order valence-electron chi connectivity index (χ0n) is 6.26. The van der Waals surface area contributed by atoms with E-state index in [9.17, 15) is 4.79 Å². The van der Waals surface area contributed by atoms with E-state index in [-0.39, 0.29) is 5.97 Å². The van der Waals surface area contributed by atoms with Crippen LogP contribution in [0, 0.1) is 7.11 Å². The molecule has 59 valence electrons. The Morgan fingerprint density at radius 3 is 2.80 bits per heavy atom. The molecule has 0 heterocycles. The van der Waals surface area contributed by atoms with Crippen molar-refractivity contribution < 1.29 is 14.3 Å². The van der Waals surface area contributed by atoms with Gasteiger partial charge in [-0.15, -0.1) is 0 Å². The summed E-state index contributed by atoms with van der Waals surface area (Å²) in [4.78, 5) is 10.6. The van der Waals surface area contributed by atoms with E-state index in [1.807, 2.05) is 0 Å². The summed E-state index contributed by atoms with van der Waals surface area (Å²) in [6.07, 6.45) is 1.10. The van der Waals surface area contributed by atoms with E-state index in [2.05, 4.69) is 16.6 Å². The van der Waals surface area contributed by atoms with E-state index in [0.29, 0.717) is 26.1 Å². The molecule has 0 aromatic carbocycles. The first-order valence-electron chi connectivity index (χ1n) is 3.33. The quantitative estimate of drug-likeness (QED) is 0.430. The topological polar surface area (TPSA) is 35.5 Å². The highest BCUT2D eigenvalue weighted by atomic mass is 16.5. The molecule has 0 N–H and O–H groups in total. The van der Waals surface area contributed by atoms with Crippen molar-refractivity contribution in [3.63, 3.8) is 0 Å². The Labute approximate surface area is 61.3 Å². The van der Waals surface area contributed by atoms with Crippen LogP contribution in [0.15, 0.2) is 0 Å². The van der Waals surface area contributed by atoms with Crippen molar-refractivity contribution in [1.29, 1.82) is 0 Å². The van der Waals surface area contributed by atoms with Gasteiger partial charge < -0.3 is 9.47 Å². The molecule has 10 heavy (non-hydrogen) atoms. The molecule has 0 aromatic rings. The van der Waals surface area contributed by atoms with Crippen molar-refractivity contribution >= 4 is 5.97 Å². The number of carbonyl (C=O) groups is 1. The van der Waals surface area contributed by atoms with Gasteiger partial charge in [-0.2, -0.15) is 0 Å². The Bertz CT molecular complexity index is 90.9. The SMILES string of the molecule is [CH2]OCCCC(=O)OCC. The zero-order chi connectivity index (χ0) is 7.82. The van der Waals surface area contributed by atoms with Crippen molar-refractivity contribution in [1.82, 2.24) is 0 Å². The molecule has 0 rings (SSSR count). The molecule has 0 saturated heterocycles. The van der Waals surface area contributed by atoms with Gasteiger partial charge in [-0.25, -0.2) is 0 Å². The van der Waals surface area contributed by atoms with E-state index in [1.165, 1.54) is 0 Å². The summed E-state index contributed by atoms with van der Waals surface area (Å²) in [5.74, 6) is -0.167. The second-order valence-corrected chi connectivity index (χ2v) is 1.82. The molecule has 0 unspecified atom stereocenters. The van der Waals surface area contributed by atoms with Crippen LogP contribution in [-0.4, -0.2) is 19.2 Å². The third kappa shape index (κ3) is 5.56. The first-order chi connectivity index (χ1) is 4.81. The molecule has 0 aliphatic carbocycles. The zero-order valence-corrected chi connectivity index (χ0v) is 6.26. The summed E-state index contributed by atoms with van der Waals surface area (Å²) in [7, 11) is 3.18. The molecule has 0 saturated carbocycles. The van der Waals surface area contributed by atoms with Crippen molar-refractivity contribution in [3.8, 4) is 0 Å². The highest BCUT2D eigenvalue weighted by Crippen LogP contribution is 1.92. The van der Waals surface area contributed by atoms with E-state index < -0.39 is 0 Å². The fourth-order valence-electron chi connectivity index (χ4n) is 0.552. The van der Waals surface area contributed by atoms with Crippen molar-refractivity contribution in [2.24, 2.45) is 0 Å². The molecule has 0 amide bonds. The fourth-order valence-corrected chi connectivity index (χ4v) is 0.552. The summed E-state index contributed by atoms with van der Waals surface area (Å²) < 4.78 is 9.19.